The summed E-state index contributed by atoms with van der Waals surface area (Å²) in [5, 5.41) is 8.38. The summed E-state index contributed by atoms with van der Waals surface area (Å²) in [6.07, 6.45) is 0.183. The SMILES string of the molecule is COc1ccc(CC(=O)CC#N)cc1OC. The molecule has 0 bridgehead atoms. The van der Waals surface area contributed by atoms with Crippen LogP contribution in [0.25, 0.3) is 0 Å². The fraction of sp³-hybridized carbons (Fsp3) is 0.333. The van der Waals surface area contributed by atoms with Crippen LogP contribution in [-0.4, -0.2) is 20.0 Å². The van der Waals surface area contributed by atoms with Gasteiger partial charge in [0, 0.05) is 6.42 Å². The summed E-state index contributed by atoms with van der Waals surface area (Å²) < 4.78 is 10.2. The quantitative estimate of drug-likeness (QED) is 0.756. The first-order chi connectivity index (χ1) is 7.71. The second kappa shape index (κ2) is 5.76. The topological polar surface area (TPSA) is 59.3 Å². The summed E-state index contributed by atoms with van der Waals surface area (Å²) in [4.78, 5) is 11.3. The van der Waals surface area contributed by atoms with Crippen LogP contribution in [-0.2, 0) is 11.2 Å². The maximum absolute atomic E-state index is 11.3. The van der Waals surface area contributed by atoms with Gasteiger partial charge in [-0.05, 0) is 17.7 Å². The van der Waals surface area contributed by atoms with Crippen LogP contribution in [0.2, 0.25) is 0 Å². The predicted molar refractivity (Wildman–Crippen MR) is 58.5 cm³/mol. The highest BCUT2D eigenvalue weighted by Gasteiger charge is 2.07. The minimum atomic E-state index is -0.102. The monoisotopic (exact) mass is 219 g/mol. The fourth-order valence-corrected chi connectivity index (χ4v) is 1.37. The van der Waals surface area contributed by atoms with Gasteiger partial charge in [-0.1, -0.05) is 6.07 Å². The smallest absolute Gasteiger partial charge is 0.161 e. The maximum atomic E-state index is 11.3. The van der Waals surface area contributed by atoms with Gasteiger partial charge in [0.15, 0.2) is 17.3 Å². The standard InChI is InChI=1S/C12H13NO3/c1-15-11-4-3-9(8-12(11)16-2)7-10(14)5-6-13/h3-4,8H,5,7H2,1-2H3. The van der Waals surface area contributed by atoms with E-state index in [0.717, 1.165) is 5.56 Å². The van der Waals surface area contributed by atoms with E-state index in [1.54, 1.807) is 32.4 Å². The van der Waals surface area contributed by atoms with Crippen molar-refractivity contribution in [2.24, 2.45) is 0 Å². The highest BCUT2D eigenvalue weighted by molar-refractivity contribution is 5.82. The molecule has 0 amide bonds. The maximum Gasteiger partial charge on any atom is 0.161 e. The first-order valence-corrected chi connectivity index (χ1v) is 4.80. The molecule has 0 saturated carbocycles. The van der Waals surface area contributed by atoms with Crippen molar-refractivity contribution in [3.05, 3.63) is 23.8 Å². The number of benzene rings is 1. The Balaban J connectivity index is 2.83. The minimum absolute atomic E-state index is 0.0612. The largest absolute Gasteiger partial charge is 0.493 e. The van der Waals surface area contributed by atoms with E-state index < -0.39 is 0 Å². The number of hydrogen-bond acceptors (Lipinski definition) is 4. The highest BCUT2D eigenvalue weighted by Crippen LogP contribution is 2.27. The van der Waals surface area contributed by atoms with Gasteiger partial charge in [0.25, 0.3) is 0 Å². The molecule has 4 heteroatoms. The van der Waals surface area contributed by atoms with Gasteiger partial charge in [0.2, 0.25) is 0 Å². The molecule has 0 atom stereocenters. The summed E-state index contributed by atoms with van der Waals surface area (Å²) >= 11 is 0. The van der Waals surface area contributed by atoms with E-state index in [4.69, 9.17) is 14.7 Å². The molecule has 0 unspecified atom stereocenters. The summed E-state index contributed by atoms with van der Waals surface area (Å²) in [5.74, 6) is 1.11. The third-order valence-electron chi connectivity index (χ3n) is 2.13. The van der Waals surface area contributed by atoms with Crippen LogP contribution in [0.3, 0.4) is 0 Å². The molecular weight excluding hydrogens is 206 g/mol. The Morgan fingerprint density at radius 2 is 2.00 bits per heavy atom. The molecule has 0 aliphatic rings. The average molecular weight is 219 g/mol. The van der Waals surface area contributed by atoms with Crippen LogP contribution >= 0.6 is 0 Å². The van der Waals surface area contributed by atoms with Gasteiger partial charge in [0.05, 0.1) is 26.7 Å². The minimum Gasteiger partial charge on any atom is -0.493 e. The Hall–Kier alpha value is -2.02. The number of Topliss-reactive ketones (excluding diaryl/α,β-unsaturated/α-hetero) is 1. The Labute approximate surface area is 94.4 Å². The Bertz CT molecular complexity index is 421. The molecule has 0 N–H and O–H groups in total. The van der Waals surface area contributed by atoms with E-state index >= 15 is 0 Å². The second-order valence-corrected chi connectivity index (χ2v) is 3.24. The summed E-state index contributed by atoms with van der Waals surface area (Å²) in [6, 6.07) is 7.11. The lowest BCUT2D eigenvalue weighted by Gasteiger charge is -2.08. The van der Waals surface area contributed by atoms with Crippen LogP contribution in [0.1, 0.15) is 12.0 Å². The van der Waals surface area contributed by atoms with Gasteiger partial charge in [-0.2, -0.15) is 5.26 Å². The van der Waals surface area contributed by atoms with Crippen molar-refractivity contribution in [1.82, 2.24) is 0 Å². The van der Waals surface area contributed by atoms with Crippen LogP contribution in [0.4, 0.5) is 0 Å². The lowest BCUT2D eigenvalue weighted by atomic mass is 10.1. The zero-order valence-corrected chi connectivity index (χ0v) is 9.32. The normalized spacial score (nSPS) is 9.31. The Morgan fingerprint density at radius 3 is 2.56 bits per heavy atom. The number of hydrogen-bond donors (Lipinski definition) is 0. The van der Waals surface area contributed by atoms with E-state index in [1.165, 1.54) is 0 Å². The van der Waals surface area contributed by atoms with Crippen molar-refractivity contribution in [3.63, 3.8) is 0 Å². The van der Waals surface area contributed by atoms with Crippen molar-refractivity contribution in [2.45, 2.75) is 12.8 Å². The zero-order chi connectivity index (χ0) is 12.0. The molecule has 1 aromatic carbocycles. The number of carbonyl (C=O) groups excluding carboxylic acids is 1. The number of ether oxygens (including phenoxy) is 2. The third kappa shape index (κ3) is 2.99. The van der Waals surface area contributed by atoms with Crippen LogP contribution in [0, 0.1) is 11.3 Å². The summed E-state index contributed by atoms with van der Waals surface area (Å²) in [6.45, 7) is 0. The molecule has 84 valence electrons. The van der Waals surface area contributed by atoms with Gasteiger partial charge < -0.3 is 9.47 Å². The molecular formula is C12H13NO3. The number of rotatable bonds is 5. The first kappa shape index (κ1) is 12.1. The van der Waals surface area contributed by atoms with Gasteiger partial charge in [-0.25, -0.2) is 0 Å². The van der Waals surface area contributed by atoms with Crippen molar-refractivity contribution in [2.75, 3.05) is 14.2 Å². The van der Waals surface area contributed by atoms with E-state index in [2.05, 4.69) is 0 Å². The number of nitriles is 1. The van der Waals surface area contributed by atoms with Gasteiger partial charge in [0.1, 0.15) is 0 Å². The Kier molecular flexibility index (Phi) is 4.34. The molecule has 16 heavy (non-hydrogen) atoms. The molecule has 0 aliphatic heterocycles. The van der Waals surface area contributed by atoms with Crippen LogP contribution in [0.5, 0.6) is 11.5 Å². The van der Waals surface area contributed by atoms with E-state index in [9.17, 15) is 4.79 Å². The summed E-state index contributed by atoms with van der Waals surface area (Å²) in [7, 11) is 3.09. The molecule has 0 fully saturated rings. The van der Waals surface area contributed by atoms with Crippen molar-refractivity contribution in [1.29, 1.82) is 5.26 Å². The van der Waals surface area contributed by atoms with Crippen molar-refractivity contribution < 1.29 is 14.3 Å². The number of carbonyl (C=O) groups is 1. The lowest BCUT2D eigenvalue weighted by Crippen LogP contribution is -2.01. The average Bonchev–Trinajstić information content (AvgIpc) is 2.29. The highest BCUT2D eigenvalue weighted by atomic mass is 16.5. The molecule has 0 aliphatic carbocycles. The molecule has 4 nitrogen and oxygen atoms in total. The number of nitrogens with zero attached hydrogens (tertiary/aromatic N) is 1. The van der Waals surface area contributed by atoms with Crippen LogP contribution < -0.4 is 9.47 Å². The number of methoxy groups -OCH3 is 2. The van der Waals surface area contributed by atoms with Crippen molar-refractivity contribution in [3.8, 4) is 17.6 Å². The molecule has 0 spiro atoms. The van der Waals surface area contributed by atoms with Gasteiger partial charge in [-0.3, -0.25) is 4.79 Å². The molecule has 0 heterocycles. The molecule has 1 rings (SSSR count). The Morgan fingerprint density at radius 1 is 1.31 bits per heavy atom. The number of ketones is 1. The van der Waals surface area contributed by atoms with E-state index in [-0.39, 0.29) is 18.6 Å². The molecule has 1 aromatic rings. The van der Waals surface area contributed by atoms with E-state index in [0.29, 0.717) is 11.5 Å². The zero-order valence-electron chi connectivity index (χ0n) is 9.32. The predicted octanol–water partition coefficient (Wildman–Crippen LogP) is 1.73. The van der Waals surface area contributed by atoms with Crippen molar-refractivity contribution >= 4 is 5.78 Å². The lowest BCUT2D eigenvalue weighted by molar-refractivity contribution is -0.117. The second-order valence-electron chi connectivity index (χ2n) is 3.24. The molecule has 0 aromatic heterocycles. The fourth-order valence-electron chi connectivity index (χ4n) is 1.37. The van der Waals surface area contributed by atoms with Gasteiger partial charge >= 0.3 is 0 Å². The van der Waals surface area contributed by atoms with E-state index in [1.807, 2.05) is 6.07 Å². The first-order valence-electron chi connectivity index (χ1n) is 4.80. The molecule has 0 saturated heterocycles. The van der Waals surface area contributed by atoms with Crippen LogP contribution in [0.15, 0.2) is 18.2 Å². The molecule has 0 radical (unpaired) electrons. The summed E-state index contributed by atoms with van der Waals surface area (Å²) in [5.41, 5.74) is 0.818. The van der Waals surface area contributed by atoms with Gasteiger partial charge in [-0.15, -0.1) is 0 Å². The third-order valence-corrected chi connectivity index (χ3v) is 2.13.